The lowest BCUT2D eigenvalue weighted by Crippen LogP contribution is -2.21. The van der Waals surface area contributed by atoms with E-state index in [1.54, 1.807) is 44.1 Å². The van der Waals surface area contributed by atoms with Crippen molar-refractivity contribution in [2.45, 2.75) is 199 Å². The average Bonchev–Trinajstić information content (AvgIpc) is 4.08. The largest absolute Gasteiger partial charge is 0.349 e. The lowest BCUT2D eigenvalue weighted by molar-refractivity contribution is -0.129. The molecule has 0 atom stereocenters. The molecule has 0 radical (unpaired) electrons. The van der Waals surface area contributed by atoms with Crippen molar-refractivity contribution >= 4 is 34.6 Å². The van der Waals surface area contributed by atoms with E-state index in [2.05, 4.69) is 44.1 Å². The van der Waals surface area contributed by atoms with Crippen molar-refractivity contribution in [3.8, 4) is 0 Å². The summed E-state index contributed by atoms with van der Waals surface area (Å²) in [5.41, 5.74) is 3.69. The Balaban J connectivity index is -0.000000316. The molecule has 0 unspecified atom stereocenters. The molecule has 1 aliphatic heterocycles. The number of aromatic nitrogens is 5. The van der Waals surface area contributed by atoms with E-state index in [4.69, 9.17) is 0 Å². The maximum atomic E-state index is 11.1. The number of aromatic amines is 1. The smallest absolute Gasteiger partial charge is 0.249 e. The summed E-state index contributed by atoms with van der Waals surface area (Å²) in [5, 5.41) is 3.71. The number of rotatable bonds is 6. The fraction of sp³-hybridized carbons (Fsp3) is 0.708. The molecule has 60 heavy (non-hydrogen) atoms. The summed E-state index contributed by atoms with van der Waals surface area (Å²) in [4.78, 5) is 65.4. The van der Waals surface area contributed by atoms with E-state index in [9.17, 15) is 19.2 Å². The predicted molar refractivity (Wildman–Crippen MR) is 257 cm³/mol. The number of pyridine rings is 1. The van der Waals surface area contributed by atoms with Crippen LogP contribution in [0.4, 0.5) is 5.82 Å². The summed E-state index contributed by atoms with van der Waals surface area (Å²) in [7, 11) is 7.02. The molecule has 4 heterocycles. The maximum absolute atomic E-state index is 11.1. The Morgan fingerprint density at radius 2 is 0.967 bits per heavy atom. The Morgan fingerprint density at radius 3 is 1.35 bits per heavy atom. The Morgan fingerprint density at radius 1 is 0.567 bits per heavy atom. The molecule has 0 aromatic carbocycles. The van der Waals surface area contributed by atoms with Crippen LogP contribution in [0.2, 0.25) is 0 Å². The molecular weight excluding hydrogens is 753 g/mol. The molecule has 2 aliphatic carbocycles. The molecule has 0 bridgehead atoms. The standard InChI is InChI=1S/C10H13N3O.C10H11N3O.2C5H11NO.2C5H10.4C2H6/c2*1-2-3-8-7-4-5-9(14)13-10(7)12-6-11-8;2*1-4-5(7)6(2)3;2*1-2-4-5-3-1;4*1-2/h6H,2-5H2,1H3,(H,11,12,13,14);4-6H,2-3H2,1H3,(H,11,12,13,14);2*4H2,1-3H3;2*1-5H2;4*1-2H3. The third-order valence-corrected chi connectivity index (χ3v) is 8.58. The first kappa shape index (κ1) is 62.4. The zero-order valence-electron chi connectivity index (χ0n) is 41.4. The van der Waals surface area contributed by atoms with Crippen LogP contribution < -0.4 is 10.9 Å². The zero-order chi connectivity index (χ0) is 46.7. The first-order valence-corrected chi connectivity index (χ1v) is 23.3. The first-order chi connectivity index (χ1) is 29.0. The maximum Gasteiger partial charge on any atom is 0.249 e. The Labute approximate surface area is 367 Å². The van der Waals surface area contributed by atoms with Crippen LogP contribution in [0.3, 0.4) is 0 Å². The summed E-state index contributed by atoms with van der Waals surface area (Å²) in [6.07, 6.45) is 24.5. The van der Waals surface area contributed by atoms with E-state index in [0.29, 0.717) is 30.7 Å². The second-order valence-electron chi connectivity index (χ2n) is 13.4. The SMILES string of the molecule is C1CCCC1.C1CCCC1.CC.CC.CC.CC.CCC(=O)N(C)C.CCC(=O)N(C)C.CCCc1ncnc2[nH]c(=O)ccc12.CCCc1ncnc2c1CCC(=O)N2. The number of hydrogen-bond donors (Lipinski definition) is 2. The van der Waals surface area contributed by atoms with Crippen LogP contribution in [-0.4, -0.2) is 80.6 Å². The number of aryl methyl sites for hydroxylation is 2. The van der Waals surface area contributed by atoms with Crippen molar-refractivity contribution in [1.82, 2.24) is 34.7 Å². The minimum absolute atomic E-state index is 0.0543. The summed E-state index contributed by atoms with van der Waals surface area (Å²) < 4.78 is 0. The summed E-state index contributed by atoms with van der Waals surface area (Å²) >= 11 is 0. The van der Waals surface area contributed by atoms with Crippen molar-refractivity contribution in [3.05, 3.63) is 52.1 Å². The van der Waals surface area contributed by atoms with Crippen LogP contribution in [0.5, 0.6) is 0 Å². The number of nitrogens with one attached hydrogen (secondary N) is 2. The Hall–Kier alpha value is -4.22. The van der Waals surface area contributed by atoms with E-state index in [-0.39, 0.29) is 23.3 Å². The molecular formula is C48H90N8O4. The average molecular weight is 843 g/mol. The Bertz CT molecular complexity index is 1470. The summed E-state index contributed by atoms with van der Waals surface area (Å²) in [6, 6.07) is 3.28. The molecule has 2 saturated carbocycles. The van der Waals surface area contributed by atoms with Crippen LogP contribution >= 0.6 is 0 Å². The first-order valence-electron chi connectivity index (χ1n) is 23.3. The van der Waals surface area contributed by atoms with Crippen LogP contribution in [0, 0.1) is 0 Å². The van der Waals surface area contributed by atoms with Gasteiger partial charge in [0.25, 0.3) is 0 Å². The number of fused-ring (bicyclic) bond motifs is 2. The molecule has 12 nitrogen and oxygen atoms in total. The number of hydrogen-bond acceptors (Lipinski definition) is 8. The van der Waals surface area contributed by atoms with Gasteiger partial charge in [-0.05, 0) is 25.3 Å². The summed E-state index contributed by atoms with van der Waals surface area (Å²) in [6.45, 7) is 23.9. The Kier molecular flexibility index (Phi) is 46.1. The van der Waals surface area contributed by atoms with Crippen molar-refractivity contribution in [2.75, 3.05) is 33.5 Å². The normalized spacial score (nSPS) is 12.3. The van der Waals surface area contributed by atoms with E-state index in [1.807, 2.05) is 69.2 Å². The van der Waals surface area contributed by atoms with Gasteiger partial charge in [-0.3, -0.25) is 19.2 Å². The highest BCUT2D eigenvalue weighted by Gasteiger charge is 2.19. The minimum Gasteiger partial charge on any atom is -0.349 e. The van der Waals surface area contributed by atoms with Crippen LogP contribution in [-0.2, 0) is 33.6 Å². The third kappa shape index (κ3) is 30.8. The van der Waals surface area contributed by atoms with E-state index < -0.39 is 0 Å². The van der Waals surface area contributed by atoms with Crippen LogP contribution in [0.15, 0.2) is 29.6 Å². The van der Waals surface area contributed by atoms with Crippen molar-refractivity contribution in [1.29, 1.82) is 0 Å². The van der Waals surface area contributed by atoms with Gasteiger partial charge in [-0.25, -0.2) is 19.9 Å². The lowest BCUT2D eigenvalue weighted by Gasteiger charge is -2.17. The number of H-pyrrole nitrogens is 1. The monoisotopic (exact) mass is 843 g/mol. The van der Waals surface area contributed by atoms with Crippen molar-refractivity contribution in [2.24, 2.45) is 0 Å². The van der Waals surface area contributed by atoms with Gasteiger partial charge >= 0.3 is 0 Å². The van der Waals surface area contributed by atoms with Crippen LogP contribution in [0.25, 0.3) is 11.0 Å². The number of carbonyl (C=O) groups excluding carboxylic acids is 3. The van der Waals surface area contributed by atoms with Crippen molar-refractivity contribution < 1.29 is 14.4 Å². The van der Waals surface area contributed by atoms with Gasteiger partial charge in [-0.1, -0.05) is 160 Å². The molecule has 2 N–H and O–H groups in total. The molecule has 0 saturated heterocycles. The highest BCUT2D eigenvalue weighted by molar-refractivity contribution is 5.92. The van der Waals surface area contributed by atoms with Gasteiger partial charge in [0.15, 0.2) is 0 Å². The minimum atomic E-state index is -0.126. The molecule has 12 heteroatoms. The van der Waals surface area contributed by atoms with Gasteiger partial charge in [-0.2, -0.15) is 0 Å². The lowest BCUT2D eigenvalue weighted by atomic mass is 10.0. The molecule has 3 aromatic rings. The fourth-order valence-electron chi connectivity index (χ4n) is 5.56. The van der Waals surface area contributed by atoms with Gasteiger partial charge in [0, 0.05) is 70.2 Å². The predicted octanol–water partition coefficient (Wildman–Crippen LogP) is 11.6. The quantitative estimate of drug-likeness (QED) is 0.249. The second-order valence-corrected chi connectivity index (χ2v) is 13.4. The van der Waals surface area contributed by atoms with Gasteiger partial charge < -0.3 is 20.1 Å². The molecule has 346 valence electrons. The zero-order valence-corrected chi connectivity index (χ0v) is 41.4. The van der Waals surface area contributed by atoms with Gasteiger partial charge in [0.05, 0.1) is 5.69 Å². The van der Waals surface area contributed by atoms with Crippen molar-refractivity contribution in [3.63, 3.8) is 0 Å². The number of amides is 3. The summed E-state index contributed by atoms with van der Waals surface area (Å²) in [5.74, 6) is 1.12. The molecule has 3 aromatic heterocycles. The number of carbonyl (C=O) groups is 3. The van der Waals surface area contributed by atoms with Gasteiger partial charge in [0.1, 0.15) is 24.1 Å². The third-order valence-electron chi connectivity index (χ3n) is 8.58. The van der Waals surface area contributed by atoms with Crippen LogP contribution in [0.1, 0.15) is 196 Å². The van der Waals surface area contributed by atoms with E-state index in [1.165, 1.54) is 82.9 Å². The van der Waals surface area contributed by atoms with Gasteiger partial charge in [-0.15, -0.1) is 0 Å². The second kappa shape index (κ2) is 44.3. The molecule has 2 fully saturated rings. The molecule has 3 amide bonds. The molecule has 3 aliphatic rings. The molecule has 0 spiro atoms. The van der Waals surface area contributed by atoms with Gasteiger partial charge in [0.2, 0.25) is 23.3 Å². The number of nitrogens with zero attached hydrogens (tertiary/aromatic N) is 6. The van der Waals surface area contributed by atoms with E-state index in [0.717, 1.165) is 54.4 Å². The fourth-order valence-corrected chi connectivity index (χ4v) is 5.56. The van der Waals surface area contributed by atoms with E-state index >= 15 is 0 Å². The highest BCUT2D eigenvalue weighted by atomic mass is 16.2. The topological polar surface area (TPSA) is 154 Å². The number of anilines is 1. The molecule has 6 rings (SSSR count). The highest BCUT2D eigenvalue weighted by Crippen LogP contribution is 2.22.